The number of hydrogen-bond acceptors (Lipinski definition) is 4. The lowest BCUT2D eigenvalue weighted by Gasteiger charge is -2.20. The van der Waals surface area contributed by atoms with E-state index in [0.717, 1.165) is 32.7 Å². The summed E-state index contributed by atoms with van der Waals surface area (Å²) in [6, 6.07) is 6.96. The predicted molar refractivity (Wildman–Crippen MR) is 95.5 cm³/mol. The molecule has 0 fully saturated rings. The number of benzene rings is 1. The zero-order chi connectivity index (χ0) is 15.9. The van der Waals surface area contributed by atoms with E-state index in [1.807, 2.05) is 18.2 Å². The molecule has 0 bridgehead atoms. The second-order valence-corrected chi connectivity index (χ2v) is 13.3. The molecule has 0 aliphatic carbocycles. The summed E-state index contributed by atoms with van der Waals surface area (Å²) in [6.07, 6.45) is 0. The maximum Gasteiger partial charge on any atom is 0.255 e. The third kappa shape index (κ3) is 3.27. The highest BCUT2D eigenvalue weighted by atomic mass is 79.9. The summed E-state index contributed by atoms with van der Waals surface area (Å²) in [7, 11) is -1.12. The van der Waals surface area contributed by atoms with Crippen LogP contribution < -0.4 is 11.0 Å². The van der Waals surface area contributed by atoms with Crippen LogP contribution in [0.1, 0.15) is 5.56 Å². The standard InChI is InChI=1S/C15H20BrN3O2Si/c1-22(2,3)7-6-21-19-9-12-14(18-19)11-5-4-10(16)8-13(11)17-15(12)20/h4-5,8,18H,6-7,9H2,1-3H3,(H,17,20). The van der Waals surface area contributed by atoms with Gasteiger partial charge in [-0.15, -0.1) is 0 Å². The summed E-state index contributed by atoms with van der Waals surface area (Å²) in [4.78, 5) is 20.9. The Hall–Kier alpha value is -1.15. The van der Waals surface area contributed by atoms with E-state index in [2.05, 4.69) is 46.0 Å². The maximum absolute atomic E-state index is 12.2. The first-order valence-electron chi connectivity index (χ1n) is 7.35. The first-order valence-corrected chi connectivity index (χ1v) is 11.8. The molecule has 22 heavy (non-hydrogen) atoms. The topological polar surface area (TPSA) is 57.4 Å². The van der Waals surface area contributed by atoms with Crippen molar-refractivity contribution in [2.45, 2.75) is 32.2 Å². The predicted octanol–water partition coefficient (Wildman–Crippen LogP) is 3.70. The number of hydrogen-bond donors (Lipinski definition) is 2. The Labute approximate surface area is 138 Å². The Kier molecular flexibility index (Phi) is 4.15. The van der Waals surface area contributed by atoms with Crippen LogP contribution in [0.3, 0.4) is 0 Å². The van der Waals surface area contributed by atoms with Gasteiger partial charge in [0, 0.05) is 17.9 Å². The molecule has 0 unspecified atom stereocenters. The van der Waals surface area contributed by atoms with Crippen LogP contribution >= 0.6 is 15.9 Å². The molecular formula is C15H20BrN3O2Si. The van der Waals surface area contributed by atoms with Gasteiger partial charge >= 0.3 is 0 Å². The van der Waals surface area contributed by atoms with Gasteiger partial charge in [-0.2, -0.15) is 0 Å². The molecule has 7 heteroatoms. The molecule has 1 aliphatic rings. The molecule has 2 heterocycles. The molecule has 0 saturated heterocycles. The monoisotopic (exact) mass is 381 g/mol. The van der Waals surface area contributed by atoms with Crippen molar-refractivity contribution in [1.82, 2.24) is 10.2 Å². The molecule has 1 aliphatic heterocycles. The summed E-state index contributed by atoms with van der Waals surface area (Å²) in [5, 5.41) is 2.66. The molecule has 1 aromatic heterocycles. The van der Waals surface area contributed by atoms with Crippen LogP contribution in [0.4, 0.5) is 5.69 Å². The number of pyridine rings is 1. The number of fused-ring (bicyclic) bond motifs is 3. The molecule has 0 spiro atoms. The van der Waals surface area contributed by atoms with Gasteiger partial charge in [-0.3, -0.25) is 15.1 Å². The van der Waals surface area contributed by atoms with Crippen LogP contribution in [-0.4, -0.2) is 24.8 Å². The fraction of sp³-hybridized carbons (Fsp3) is 0.400. The highest BCUT2D eigenvalue weighted by Gasteiger charge is 2.25. The Bertz CT molecular complexity index is 770. The summed E-state index contributed by atoms with van der Waals surface area (Å²) >= 11 is 3.43. The minimum Gasteiger partial charge on any atom is -0.321 e. The van der Waals surface area contributed by atoms with Crippen molar-refractivity contribution in [1.29, 1.82) is 0 Å². The first kappa shape index (κ1) is 15.7. The van der Waals surface area contributed by atoms with Gasteiger partial charge in [-0.1, -0.05) is 40.7 Å². The summed E-state index contributed by atoms with van der Waals surface area (Å²) in [5.41, 5.74) is 5.54. The van der Waals surface area contributed by atoms with Gasteiger partial charge in [0.1, 0.15) is 0 Å². The number of aromatic nitrogens is 1. The summed E-state index contributed by atoms with van der Waals surface area (Å²) in [6.45, 7) is 8.09. The lowest BCUT2D eigenvalue weighted by molar-refractivity contribution is -0.136. The lowest BCUT2D eigenvalue weighted by Crippen LogP contribution is -2.28. The zero-order valence-corrected chi connectivity index (χ0v) is 15.6. The van der Waals surface area contributed by atoms with Gasteiger partial charge in [0.25, 0.3) is 5.56 Å². The molecule has 2 N–H and O–H groups in total. The quantitative estimate of drug-likeness (QED) is 0.792. The number of anilines is 1. The van der Waals surface area contributed by atoms with Crippen LogP contribution in [0.2, 0.25) is 25.7 Å². The molecule has 3 rings (SSSR count). The van der Waals surface area contributed by atoms with Crippen molar-refractivity contribution in [2.75, 3.05) is 12.0 Å². The second kappa shape index (κ2) is 5.81. The number of hydrazine groups is 1. The zero-order valence-electron chi connectivity index (χ0n) is 13.0. The molecule has 1 aromatic carbocycles. The van der Waals surface area contributed by atoms with E-state index in [0.29, 0.717) is 13.2 Å². The minimum absolute atomic E-state index is 0.0654. The van der Waals surface area contributed by atoms with Crippen molar-refractivity contribution in [3.63, 3.8) is 0 Å². The first-order chi connectivity index (χ1) is 10.3. The normalized spacial score (nSPS) is 15.1. The number of nitrogens with zero attached hydrogens (tertiary/aromatic N) is 1. The molecule has 0 radical (unpaired) electrons. The fourth-order valence-electron chi connectivity index (χ4n) is 2.44. The smallest absolute Gasteiger partial charge is 0.255 e. The highest BCUT2D eigenvalue weighted by Crippen LogP contribution is 2.31. The van der Waals surface area contributed by atoms with Gasteiger partial charge in [0.2, 0.25) is 0 Å². The van der Waals surface area contributed by atoms with E-state index in [1.165, 1.54) is 0 Å². The molecule has 0 saturated carbocycles. The highest BCUT2D eigenvalue weighted by molar-refractivity contribution is 9.10. The Morgan fingerprint density at radius 2 is 2.14 bits per heavy atom. The van der Waals surface area contributed by atoms with E-state index in [-0.39, 0.29) is 5.56 Å². The number of nitrogens with one attached hydrogen (secondary N) is 2. The third-order valence-electron chi connectivity index (χ3n) is 3.71. The third-order valence-corrected chi connectivity index (χ3v) is 5.91. The fourth-order valence-corrected chi connectivity index (χ4v) is 3.50. The van der Waals surface area contributed by atoms with Gasteiger partial charge in [0.15, 0.2) is 0 Å². The summed E-state index contributed by atoms with van der Waals surface area (Å²) < 4.78 is 0.942. The van der Waals surface area contributed by atoms with Crippen molar-refractivity contribution in [3.8, 4) is 0 Å². The van der Waals surface area contributed by atoms with Gasteiger partial charge < -0.3 is 4.98 Å². The van der Waals surface area contributed by atoms with Crippen molar-refractivity contribution >= 4 is 40.6 Å². The van der Waals surface area contributed by atoms with Crippen molar-refractivity contribution in [3.05, 3.63) is 38.6 Å². The van der Waals surface area contributed by atoms with Crippen LogP contribution in [0.25, 0.3) is 10.9 Å². The average Bonchev–Trinajstić information content (AvgIpc) is 2.81. The largest absolute Gasteiger partial charge is 0.321 e. The summed E-state index contributed by atoms with van der Waals surface area (Å²) in [5.74, 6) is 0. The molecular weight excluding hydrogens is 362 g/mol. The number of rotatable bonds is 4. The number of hydroxylamine groups is 1. The number of halogens is 1. The van der Waals surface area contributed by atoms with Crippen molar-refractivity contribution < 1.29 is 4.84 Å². The SMILES string of the molecule is C[Si](C)(C)CCON1Cc2c(c3ccc(Br)cc3[nH]c2=O)N1. The van der Waals surface area contributed by atoms with E-state index < -0.39 is 8.07 Å². The van der Waals surface area contributed by atoms with Crippen molar-refractivity contribution in [2.24, 2.45) is 0 Å². The van der Waals surface area contributed by atoms with Gasteiger partial charge in [-0.05, 0) is 24.2 Å². The number of H-pyrrole nitrogens is 1. The molecule has 118 valence electrons. The molecule has 2 aromatic rings. The molecule has 0 amide bonds. The minimum atomic E-state index is -1.12. The van der Waals surface area contributed by atoms with Crippen LogP contribution in [-0.2, 0) is 11.4 Å². The molecule has 5 nitrogen and oxygen atoms in total. The Balaban J connectivity index is 1.82. The Morgan fingerprint density at radius 1 is 1.36 bits per heavy atom. The van der Waals surface area contributed by atoms with Crippen LogP contribution in [0.5, 0.6) is 0 Å². The van der Waals surface area contributed by atoms with Gasteiger partial charge in [0.05, 0.1) is 29.9 Å². The second-order valence-electron chi connectivity index (χ2n) is 6.79. The van der Waals surface area contributed by atoms with E-state index in [1.54, 1.807) is 5.17 Å². The van der Waals surface area contributed by atoms with E-state index in [4.69, 9.17) is 4.84 Å². The van der Waals surface area contributed by atoms with E-state index in [9.17, 15) is 4.79 Å². The average molecular weight is 382 g/mol. The lowest BCUT2D eigenvalue weighted by atomic mass is 10.1. The Morgan fingerprint density at radius 3 is 2.86 bits per heavy atom. The molecule has 0 atom stereocenters. The maximum atomic E-state index is 12.2. The van der Waals surface area contributed by atoms with E-state index >= 15 is 0 Å². The number of aromatic amines is 1. The van der Waals surface area contributed by atoms with Crippen LogP contribution in [0.15, 0.2) is 27.5 Å². The van der Waals surface area contributed by atoms with Gasteiger partial charge in [-0.25, -0.2) is 0 Å². The van der Waals surface area contributed by atoms with Crippen LogP contribution in [0, 0.1) is 0 Å².